The van der Waals surface area contributed by atoms with Crippen LogP contribution in [0.5, 0.6) is 0 Å². The van der Waals surface area contributed by atoms with Gasteiger partial charge in [0.05, 0.1) is 0 Å². The fraction of sp³-hybridized carbons (Fsp3) is 0.697. The minimum absolute atomic E-state index is 0.103. The van der Waals surface area contributed by atoms with Gasteiger partial charge in [0.25, 0.3) is 0 Å². The molecule has 0 aromatic rings. The fourth-order valence-corrected chi connectivity index (χ4v) is 9.56. The summed E-state index contributed by atoms with van der Waals surface area (Å²) in [6.45, 7) is 6.48. The second-order valence-corrected chi connectivity index (χ2v) is 22.7. The average Bonchev–Trinajstić information content (AvgIpc) is 3.48. The first-order valence-electron chi connectivity index (χ1n) is 34.5. The molecule has 1 atom stereocenters. The summed E-state index contributed by atoms with van der Waals surface area (Å²) in [5.74, 6) is -0.964. The van der Waals surface area contributed by atoms with Crippen LogP contribution in [0.3, 0.4) is 0 Å². The topological polar surface area (TPSA) is 78.9 Å². The summed E-state index contributed by atoms with van der Waals surface area (Å²) in [5, 5.41) is 0. The van der Waals surface area contributed by atoms with Gasteiger partial charge in [0, 0.05) is 19.3 Å². The average molecular weight is 1140 g/mol. The number of hydrogen-bond donors (Lipinski definition) is 0. The van der Waals surface area contributed by atoms with E-state index in [1.54, 1.807) is 0 Å². The van der Waals surface area contributed by atoms with Crippen molar-refractivity contribution in [2.45, 2.75) is 329 Å². The van der Waals surface area contributed by atoms with Crippen molar-refractivity contribution in [3.8, 4) is 0 Å². The molecule has 0 aromatic heterocycles. The van der Waals surface area contributed by atoms with Gasteiger partial charge in [-0.2, -0.15) is 0 Å². The molecule has 6 heteroatoms. The summed E-state index contributed by atoms with van der Waals surface area (Å²) in [6, 6.07) is 0. The van der Waals surface area contributed by atoms with Gasteiger partial charge in [-0.15, -0.1) is 0 Å². The number of carbonyl (C=O) groups excluding carboxylic acids is 3. The molecule has 0 radical (unpaired) electrons. The van der Waals surface area contributed by atoms with E-state index in [9.17, 15) is 14.4 Å². The Morgan fingerprint density at radius 2 is 0.488 bits per heavy atom. The number of carbonyl (C=O) groups is 3. The lowest BCUT2D eigenvalue weighted by Crippen LogP contribution is -2.30. The standard InChI is InChI=1S/C76H128O6/c1-4-7-10-13-16-19-22-25-28-31-34-36-38-40-42-45-48-51-54-57-60-63-66-69-75(78)81-72-73(71-80-74(77)68-65-62-59-56-53-50-47-44-41-33-30-27-24-21-18-15-12-9-6-3)82-76(79)70-67-64-61-58-55-52-49-46-43-39-37-35-32-29-26-23-20-17-14-11-8-5-2/h7,10,16,18-19,21,25,27-28,30,34,36,40-42,44,48,51,57,60,73H,4-6,8-9,11-15,17,20,22-24,26,29,31-33,35,37-39,43,45-47,49-50,52-56,58-59,61-72H2,1-3H3/b10-7-,19-16-,21-18-,28-25-,30-27-,36-34-,42-40-,44-41-,51-48-,60-57-. The van der Waals surface area contributed by atoms with Gasteiger partial charge in [-0.25, -0.2) is 0 Å². The lowest BCUT2D eigenvalue weighted by Gasteiger charge is -2.18. The quantitative estimate of drug-likeness (QED) is 0.0261. The van der Waals surface area contributed by atoms with Crippen LogP contribution in [0.1, 0.15) is 323 Å². The van der Waals surface area contributed by atoms with Gasteiger partial charge in [-0.3, -0.25) is 14.4 Å². The maximum absolute atomic E-state index is 13.0. The van der Waals surface area contributed by atoms with Crippen LogP contribution in [-0.2, 0) is 28.6 Å². The Hall–Kier alpha value is -4.19. The van der Waals surface area contributed by atoms with Crippen molar-refractivity contribution in [3.05, 3.63) is 122 Å². The van der Waals surface area contributed by atoms with Crippen LogP contribution in [0.4, 0.5) is 0 Å². The van der Waals surface area contributed by atoms with Gasteiger partial charge < -0.3 is 14.2 Å². The monoisotopic (exact) mass is 1140 g/mol. The van der Waals surface area contributed by atoms with Gasteiger partial charge >= 0.3 is 17.9 Å². The predicted octanol–water partition coefficient (Wildman–Crippen LogP) is 23.9. The summed E-state index contributed by atoms with van der Waals surface area (Å²) >= 11 is 0. The fourth-order valence-electron chi connectivity index (χ4n) is 9.56. The highest BCUT2D eigenvalue weighted by atomic mass is 16.6. The molecule has 6 nitrogen and oxygen atoms in total. The van der Waals surface area contributed by atoms with Gasteiger partial charge in [-0.05, 0) is 109 Å². The van der Waals surface area contributed by atoms with Gasteiger partial charge in [0.15, 0.2) is 6.10 Å². The van der Waals surface area contributed by atoms with Crippen molar-refractivity contribution in [2.75, 3.05) is 13.2 Å². The van der Waals surface area contributed by atoms with E-state index in [2.05, 4.69) is 142 Å². The van der Waals surface area contributed by atoms with Crippen LogP contribution in [0.25, 0.3) is 0 Å². The summed E-state index contributed by atoms with van der Waals surface area (Å²) in [6.07, 6.45) is 96.4. The second-order valence-electron chi connectivity index (χ2n) is 22.7. The van der Waals surface area contributed by atoms with Gasteiger partial charge in [0.1, 0.15) is 13.2 Å². The molecule has 0 saturated carbocycles. The zero-order valence-corrected chi connectivity index (χ0v) is 53.7. The minimum Gasteiger partial charge on any atom is -0.462 e. The van der Waals surface area contributed by atoms with E-state index in [0.29, 0.717) is 19.3 Å². The van der Waals surface area contributed by atoms with E-state index in [1.165, 1.54) is 161 Å². The number of unbranched alkanes of at least 4 members (excludes halogenated alkanes) is 31. The first-order chi connectivity index (χ1) is 40.5. The van der Waals surface area contributed by atoms with E-state index >= 15 is 0 Å². The molecule has 0 fully saturated rings. The summed E-state index contributed by atoms with van der Waals surface area (Å²) < 4.78 is 16.9. The molecular weight excluding hydrogens is 1010 g/mol. The molecule has 0 rings (SSSR count). The molecule has 468 valence electrons. The first kappa shape index (κ1) is 77.8. The molecule has 0 saturated heterocycles. The molecule has 1 unspecified atom stereocenters. The highest BCUT2D eigenvalue weighted by Crippen LogP contribution is 2.17. The zero-order chi connectivity index (χ0) is 59.2. The molecular formula is C76H128O6. The van der Waals surface area contributed by atoms with Crippen molar-refractivity contribution in [3.63, 3.8) is 0 Å². The number of rotatable bonds is 62. The van der Waals surface area contributed by atoms with E-state index in [4.69, 9.17) is 14.2 Å². The summed E-state index contributed by atoms with van der Waals surface area (Å²) in [5.41, 5.74) is 0. The maximum atomic E-state index is 13.0. The maximum Gasteiger partial charge on any atom is 0.306 e. The molecule has 82 heavy (non-hydrogen) atoms. The lowest BCUT2D eigenvalue weighted by molar-refractivity contribution is -0.167. The molecule has 0 spiro atoms. The molecule has 0 aliphatic heterocycles. The van der Waals surface area contributed by atoms with Crippen molar-refractivity contribution in [1.29, 1.82) is 0 Å². The Morgan fingerprint density at radius 1 is 0.256 bits per heavy atom. The molecule has 0 N–H and O–H groups in total. The van der Waals surface area contributed by atoms with Crippen molar-refractivity contribution < 1.29 is 28.6 Å². The molecule has 0 aromatic carbocycles. The van der Waals surface area contributed by atoms with Crippen LogP contribution >= 0.6 is 0 Å². The molecule has 0 amide bonds. The van der Waals surface area contributed by atoms with Crippen LogP contribution < -0.4 is 0 Å². The van der Waals surface area contributed by atoms with Gasteiger partial charge in [-0.1, -0.05) is 316 Å². The highest BCUT2D eigenvalue weighted by Gasteiger charge is 2.19. The van der Waals surface area contributed by atoms with E-state index in [0.717, 1.165) is 116 Å². The van der Waals surface area contributed by atoms with Gasteiger partial charge in [0.2, 0.25) is 0 Å². The Bertz CT molecular complexity index is 1690. The van der Waals surface area contributed by atoms with Crippen LogP contribution in [0, 0.1) is 0 Å². The van der Waals surface area contributed by atoms with Crippen LogP contribution in [0.15, 0.2) is 122 Å². The smallest absolute Gasteiger partial charge is 0.306 e. The SMILES string of the molecule is CC/C=C\C/C=C\C/C=C\C/C=C\C/C=C\C/C=C\C/C=C\CCCC(=O)OCC(COC(=O)CCCCCCCC/C=C\C/C=C\C/C=C\CCCCC)OC(=O)CCCCCCCCCCCCCCCCCCCCCCCC. The minimum atomic E-state index is -0.811. The third-order valence-electron chi connectivity index (χ3n) is 14.7. The van der Waals surface area contributed by atoms with Crippen molar-refractivity contribution in [1.82, 2.24) is 0 Å². The number of ether oxygens (including phenoxy) is 3. The Labute approximate surface area is 507 Å². The molecule has 0 aliphatic rings. The largest absolute Gasteiger partial charge is 0.462 e. The Balaban J connectivity index is 4.49. The number of hydrogen-bond acceptors (Lipinski definition) is 6. The van der Waals surface area contributed by atoms with Crippen LogP contribution in [-0.4, -0.2) is 37.2 Å². The third kappa shape index (κ3) is 66.6. The van der Waals surface area contributed by atoms with Crippen molar-refractivity contribution >= 4 is 17.9 Å². The highest BCUT2D eigenvalue weighted by molar-refractivity contribution is 5.71. The normalized spacial score (nSPS) is 12.9. The number of esters is 3. The Morgan fingerprint density at radius 3 is 0.817 bits per heavy atom. The second kappa shape index (κ2) is 69.3. The zero-order valence-electron chi connectivity index (χ0n) is 53.7. The first-order valence-corrected chi connectivity index (χ1v) is 34.5. The van der Waals surface area contributed by atoms with Crippen molar-refractivity contribution in [2.24, 2.45) is 0 Å². The number of allylic oxidation sites excluding steroid dienone is 20. The summed E-state index contributed by atoms with van der Waals surface area (Å²) in [4.78, 5) is 38.4. The Kier molecular flexibility index (Phi) is 65.8. The summed E-state index contributed by atoms with van der Waals surface area (Å²) in [7, 11) is 0. The third-order valence-corrected chi connectivity index (χ3v) is 14.7. The molecule has 0 aliphatic carbocycles. The van der Waals surface area contributed by atoms with E-state index in [-0.39, 0.29) is 37.5 Å². The molecule has 0 heterocycles. The lowest BCUT2D eigenvalue weighted by atomic mass is 10.0. The predicted molar refractivity (Wildman–Crippen MR) is 357 cm³/mol. The van der Waals surface area contributed by atoms with Crippen LogP contribution in [0.2, 0.25) is 0 Å². The van der Waals surface area contributed by atoms with E-state index in [1.807, 2.05) is 0 Å². The van der Waals surface area contributed by atoms with E-state index < -0.39 is 6.10 Å². The molecule has 0 bridgehead atoms.